The molecule has 3 heterocycles. The Hall–Kier alpha value is -5.04. The Morgan fingerprint density at radius 1 is 0.980 bits per heavy atom. The number of hydrogen-bond acceptors (Lipinski definition) is 8. The molecule has 1 aliphatic heterocycles. The maximum Gasteiger partial charge on any atom is 0.256 e. The van der Waals surface area contributed by atoms with Crippen molar-refractivity contribution in [1.82, 2.24) is 14.5 Å². The molecule has 5 aromatic rings. The number of ether oxygens (including phenoxy) is 4. The molecule has 0 saturated carbocycles. The first-order valence-electron chi connectivity index (χ1n) is 16.3. The second kappa shape index (κ2) is 14.1. The fourth-order valence-corrected chi connectivity index (χ4v) is 6.67. The average molecular weight is 677 g/mol. The minimum atomic E-state index is -1.81. The Balaban J connectivity index is 1.19. The molecule has 0 radical (unpaired) electrons. The second-order valence-electron chi connectivity index (χ2n) is 12.1. The summed E-state index contributed by atoms with van der Waals surface area (Å²) in [6, 6.07) is 29.9. The van der Waals surface area contributed by atoms with Gasteiger partial charge in [-0.3, -0.25) is 4.79 Å². The summed E-state index contributed by atoms with van der Waals surface area (Å²) in [5.74, 6) is -0.994. The number of nitrogens with zero attached hydrogens (tertiary/aromatic N) is 3. The normalized spacial score (nSPS) is 21.6. The maximum absolute atomic E-state index is 16.0. The summed E-state index contributed by atoms with van der Waals surface area (Å²) in [4.78, 5) is 21.5. The van der Waals surface area contributed by atoms with Crippen LogP contribution in [-0.2, 0) is 24.5 Å². The molecule has 7 rings (SSSR count). The van der Waals surface area contributed by atoms with Gasteiger partial charge in [-0.05, 0) is 41.0 Å². The second-order valence-corrected chi connectivity index (χ2v) is 12.1. The van der Waals surface area contributed by atoms with Gasteiger partial charge in [-0.25, -0.2) is 14.4 Å². The van der Waals surface area contributed by atoms with Crippen LogP contribution in [0.25, 0.3) is 11.0 Å². The van der Waals surface area contributed by atoms with Crippen LogP contribution in [0.5, 0.6) is 0 Å². The third kappa shape index (κ3) is 6.03. The quantitative estimate of drug-likeness (QED) is 0.161. The van der Waals surface area contributed by atoms with E-state index in [2.05, 4.69) is 15.3 Å². The largest absolute Gasteiger partial charge is 0.387 e. The lowest BCUT2D eigenvalue weighted by Gasteiger charge is -2.40. The summed E-state index contributed by atoms with van der Waals surface area (Å²) < 4.78 is 42.0. The van der Waals surface area contributed by atoms with Gasteiger partial charge in [-0.15, -0.1) is 0 Å². The number of benzene rings is 3. The molecule has 256 valence electrons. The lowest BCUT2D eigenvalue weighted by atomic mass is 9.77. The topological polar surface area (TPSA) is 117 Å². The number of aliphatic hydroxyl groups excluding tert-OH is 1. The van der Waals surface area contributed by atoms with Crippen molar-refractivity contribution >= 4 is 22.8 Å². The van der Waals surface area contributed by atoms with E-state index in [4.69, 9.17) is 18.9 Å². The van der Waals surface area contributed by atoms with Crippen LogP contribution >= 0.6 is 0 Å². The van der Waals surface area contributed by atoms with E-state index in [0.29, 0.717) is 23.0 Å². The van der Waals surface area contributed by atoms with E-state index < -0.39 is 36.0 Å². The number of fused-ring (bicyclic) bond motifs is 1. The molecule has 10 nitrogen and oxygen atoms in total. The molecule has 0 unspecified atom stereocenters. The summed E-state index contributed by atoms with van der Waals surface area (Å²) in [7, 11) is 3.18. The number of aliphatic hydroxyl groups is 1. The summed E-state index contributed by atoms with van der Waals surface area (Å²) in [6.07, 6.45) is 3.54. The number of halogens is 1. The van der Waals surface area contributed by atoms with Gasteiger partial charge < -0.3 is 33.9 Å². The zero-order valence-corrected chi connectivity index (χ0v) is 27.6. The van der Waals surface area contributed by atoms with Crippen molar-refractivity contribution in [3.8, 4) is 0 Å². The minimum Gasteiger partial charge on any atom is -0.387 e. The SMILES string of the molecule is COC1(OC)C=CC(C(OC[C@H]2O[C@@H](n3ccc4c(NC(=O)c5ccccc5)ncnc43)[C@H](F)[C@@H]2O)(c2ccccc2)c2ccccc2)=CC1. The van der Waals surface area contributed by atoms with Crippen molar-refractivity contribution in [1.29, 1.82) is 0 Å². The van der Waals surface area contributed by atoms with Crippen molar-refractivity contribution in [3.05, 3.63) is 150 Å². The van der Waals surface area contributed by atoms with Gasteiger partial charge in [0.15, 0.2) is 18.2 Å². The number of methoxy groups -OCH3 is 2. The van der Waals surface area contributed by atoms with Gasteiger partial charge in [0.1, 0.15) is 35.6 Å². The highest BCUT2D eigenvalue weighted by atomic mass is 19.1. The molecule has 1 saturated heterocycles. The lowest BCUT2D eigenvalue weighted by Crippen LogP contribution is -2.41. The number of rotatable bonds is 11. The monoisotopic (exact) mass is 676 g/mol. The first kappa shape index (κ1) is 33.5. The van der Waals surface area contributed by atoms with Gasteiger partial charge >= 0.3 is 0 Å². The molecule has 3 aromatic carbocycles. The van der Waals surface area contributed by atoms with Gasteiger partial charge in [0.05, 0.1) is 12.0 Å². The van der Waals surface area contributed by atoms with E-state index in [1.54, 1.807) is 50.7 Å². The third-order valence-electron chi connectivity index (χ3n) is 9.39. The average Bonchev–Trinajstić information content (AvgIpc) is 3.73. The number of hydrogen-bond donors (Lipinski definition) is 2. The predicted molar refractivity (Wildman–Crippen MR) is 185 cm³/mol. The third-order valence-corrected chi connectivity index (χ3v) is 9.39. The molecule has 4 atom stereocenters. The van der Waals surface area contributed by atoms with Crippen molar-refractivity contribution in [2.75, 3.05) is 26.1 Å². The molecule has 2 aliphatic rings. The molecule has 1 amide bonds. The van der Waals surface area contributed by atoms with Crippen LogP contribution in [0.2, 0.25) is 0 Å². The smallest absolute Gasteiger partial charge is 0.256 e. The Kier molecular flexibility index (Phi) is 9.41. The van der Waals surface area contributed by atoms with Crippen LogP contribution in [0.4, 0.5) is 10.2 Å². The number of carbonyl (C=O) groups excluding carboxylic acids is 1. The molecule has 2 N–H and O–H groups in total. The number of alkyl halides is 1. The number of carbonyl (C=O) groups is 1. The maximum atomic E-state index is 16.0. The lowest BCUT2D eigenvalue weighted by molar-refractivity contribution is -0.168. The highest BCUT2D eigenvalue weighted by Gasteiger charge is 2.48. The van der Waals surface area contributed by atoms with Gasteiger partial charge in [-0.2, -0.15) is 0 Å². The van der Waals surface area contributed by atoms with E-state index in [1.165, 1.54) is 10.9 Å². The first-order chi connectivity index (χ1) is 24.4. The number of aromatic nitrogens is 3. The Morgan fingerprint density at radius 2 is 1.62 bits per heavy atom. The fraction of sp³-hybridized carbons (Fsp3) is 0.256. The number of anilines is 1. The zero-order chi connectivity index (χ0) is 34.7. The molecule has 50 heavy (non-hydrogen) atoms. The standard InChI is InChI=1S/C39H37FN4O6/c1-47-38(48-2)21-18-29(19-22-38)39(27-14-8-4-9-15-27,28-16-10-5-11-17-28)49-24-31-33(45)32(40)37(50-31)44-23-20-30-34(41-25-42-35(30)44)43-36(46)26-12-6-3-7-13-26/h3-21,23,25,31-33,37,45H,22,24H2,1-2H3,(H,41,42,43,46)/t31-,32-,33-,37-/m1/s1. The Morgan fingerprint density at radius 3 is 2.22 bits per heavy atom. The van der Waals surface area contributed by atoms with Crippen LogP contribution in [0.3, 0.4) is 0 Å². The van der Waals surface area contributed by atoms with E-state index >= 15 is 4.39 Å². The van der Waals surface area contributed by atoms with Gasteiger partial charge in [0, 0.05) is 32.4 Å². The summed E-state index contributed by atoms with van der Waals surface area (Å²) in [5.41, 5.74) is 2.14. The molecule has 0 spiro atoms. The van der Waals surface area contributed by atoms with E-state index in [9.17, 15) is 9.90 Å². The highest BCUT2D eigenvalue weighted by Crippen LogP contribution is 2.45. The molecule has 2 aromatic heterocycles. The van der Waals surface area contributed by atoms with E-state index in [0.717, 1.165) is 16.7 Å². The molecular weight excluding hydrogens is 639 g/mol. The van der Waals surface area contributed by atoms with Gasteiger partial charge in [0.25, 0.3) is 5.91 Å². The summed E-state index contributed by atoms with van der Waals surface area (Å²) in [5, 5.41) is 14.5. The number of amides is 1. The Bertz CT molecular complexity index is 1960. The molecule has 1 aliphatic carbocycles. The van der Waals surface area contributed by atoms with Crippen molar-refractivity contribution in [3.63, 3.8) is 0 Å². The van der Waals surface area contributed by atoms with Crippen LogP contribution in [0, 0.1) is 0 Å². The van der Waals surface area contributed by atoms with Gasteiger partial charge in [0.2, 0.25) is 0 Å². The molecule has 1 fully saturated rings. The van der Waals surface area contributed by atoms with E-state index in [-0.39, 0.29) is 18.3 Å². The van der Waals surface area contributed by atoms with Gasteiger partial charge in [-0.1, -0.05) is 91.0 Å². The fourth-order valence-electron chi connectivity index (χ4n) is 6.67. The predicted octanol–water partition coefficient (Wildman–Crippen LogP) is 6.12. The van der Waals surface area contributed by atoms with Crippen LogP contribution in [-0.4, -0.2) is 70.5 Å². The summed E-state index contributed by atoms with van der Waals surface area (Å²) >= 11 is 0. The van der Waals surface area contributed by atoms with Crippen molar-refractivity contribution < 1.29 is 33.2 Å². The molecule has 0 bridgehead atoms. The summed E-state index contributed by atoms with van der Waals surface area (Å²) in [6.45, 7) is -0.153. The van der Waals surface area contributed by atoms with Crippen LogP contribution in [0.1, 0.15) is 34.1 Å². The minimum absolute atomic E-state index is 0.153. The Labute approximate surface area is 288 Å². The van der Waals surface area contributed by atoms with Crippen LogP contribution in [0.15, 0.2) is 133 Å². The molecular formula is C39H37FN4O6. The molecule has 11 heteroatoms. The zero-order valence-electron chi connectivity index (χ0n) is 27.6. The van der Waals surface area contributed by atoms with E-state index in [1.807, 2.05) is 85.0 Å². The van der Waals surface area contributed by atoms with Crippen molar-refractivity contribution in [2.24, 2.45) is 0 Å². The van der Waals surface area contributed by atoms with Crippen molar-refractivity contribution in [2.45, 2.75) is 42.4 Å². The first-order valence-corrected chi connectivity index (χ1v) is 16.3. The highest BCUT2D eigenvalue weighted by molar-refractivity contribution is 6.07. The number of nitrogens with one attached hydrogen (secondary N) is 1. The van der Waals surface area contributed by atoms with Crippen LogP contribution < -0.4 is 5.32 Å².